The number of benzene rings is 2. The van der Waals surface area contributed by atoms with Gasteiger partial charge in [-0.2, -0.15) is 0 Å². The molecule has 3 aromatic rings. The van der Waals surface area contributed by atoms with Crippen LogP contribution in [0.2, 0.25) is 0 Å². The van der Waals surface area contributed by atoms with Gasteiger partial charge in [-0.05, 0) is 43.2 Å². The number of hydrogen-bond acceptors (Lipinski definition) is 7. The topological polar surface area (TPSA) is 78.8 Å². The van der Waals surface area contributed by atoms with Crippen LogP contribution in [0.5, 0.6) is 5.75 Å². The second-order valence-corrected chi connectivity index (χ2v) is 9.32. The molecule has 8 heteroatoms. The summed E-state index contributed by atoms with van der Waals surface area (Å²) in [7, 11) is 0. The van der Waals surface area contributed by atoms with Crippen LogP contribution in [0.4, 0.5) is 0 Å². The molecule has 0 aliphatic carbocycles. The standard InChI is InChI=1S/C25H30N4O3S/c30-19-29(31)21(8-4-11-25-26-14-5-15-27-25)18-33-28-16-12-22(13-17-28)32-24-10-3-7-20-6-1-2-9-23(20)24/h1-3,5-7,9-10,14-15,19,21-22,31H,4,8,11-13,16-18H2. The summed E-state index contributed by atoms with van der Waals surface area (Å²) in [6.07, 6.45) is 8.27. The molecule has 2 aromatic carbocycles. The van der Waals surface area contributed by atoms with Crippen molar-refractivity contribution in [3.63, 3.8) is 0 Å². The summed E-state index contributed by atoms with van der Waals surface area (Å²) in [5.74, 6) is 2.39. The van der Waals surface area contributed by atoms with Crippen molar-refractivity contribution in [3.05, 3.63) is 66.7 Å². The van der Waals surface area contributed by atoms with E-state index in [1.807, 2.05) is 24.3 Å². The second kappa shape index (κ2) is 12.0. The number of hydrogen-bond donors (Lipinski definition) is 1. The molecule has 1 unspecified atom stereocenters. The molecule has 7 nitrogen and oxygen atoms in total. The maximum absolute atomic E-state index is 11.2. The first-order valence-corrected chi connectivity index (χ1v) is 12.4. The molecule has 4 rings (SSSR count). The van der Waals surface area contributed by atoms with Crippen LogP contribution in [0, 0.1) is 0 Å². The van der Waals surface area contributed by atoms with Gasteiger partial charge >= 0.3 is 0 Å². The van der Waals surface area contributed by atoms with Crippen LogP contribution in [-0.4, -0.2) is 61.9 Å². The van der Waals surface area contributed by atoms with Gasteiger partial charge < -0.3 is 4.74 Å². The minimum atomic E-state index is -0.235. The van der Waals surface area contributed by atoms with Crippen molar-refractivity contribution in [2.24, 2.45) is 0 Å². The van der Waals surface area contributed by atoms with Crippen LogP contribution >= 0.6 is 11.9 Å². The molecule has 1 saturated heterocycles. The number of carbonyl (C=O) groups excluding carboxylic acids is 1. The SMILES string of the molecule is O=CN(O)C(CCCc1ncccn1)CSN1CCC(Oc2cccc3ccccc23)CC1. The summed E-state index contributed by atoms with van der Waals surface area (Å²) >= 11 is 1.69. The highest BCUT2D eigenvalue weighted by molar-refractivity contribution is 7.97. The Morgan fingerprint density at radius 2 is 1.88 bits per heavy atom. The Labute approximate surface area is 198 Å². The second-order valence-electron chi connectivity index (χ2n) is 8.22. The van der Waals surface area contributed by atoms with E-state index in [0.29, 0.717) is 18.6 Å². The third-order valence-corrected chi connectivity index (χ3v) is 7.20. The van der Waals surface area contributed by atoms with Crippen molar-refractivity contribution in [1.82, 2.24) is 19.3 Å². The predicted molar refractivity (Wildman–Crippen MR) is 130 cm³/mol. The van der Waals surface area contributed by atoms with E-state index in [9.17, 15) is 10.0 Å². The Morgan fingerprint density at radius 3 is 2.67 bits per heavy atom. The minimum Gasteiger partial charge on any atom is -0.490 e. The zero-order chi connectivity index (χ0) is 22.9. The Kier molecular flexibility index (Phi) is 8.52. The fraction of sp³-hybridized carbons (Fsp3) is 0.400. The van der Waals surface area contributed by atoms with Crippen molar-refractivity contribution < 1.29 is 14.7 Å². The maximum Gasteiger partial charge on any atom is 0.233 e. The van der Waals surface area contributed by atoms with Crippen LogP contribution in [0.25, 0.3) is 10.8 Å². The van der Waals surface area contributed by atoms with Gasteiger partial charge in [0.2, 0.25) is 6.41 Å². The molecular formula is C25H30N4O3S. The molecule has 1 N–H and O–H groups in total. The Hall–Kier alpha value is -2.68. The summed E-state index contributed by atoms with van der Waals surface area (Å²) in [5.41, 5.74) is 0. The number of aryl methyl sites for hydroxylation is 1. The van der Waals surface area contributed by atoms with Crippen molar-refractivity contribution in [2.75, 3.05) is 18.8 Å². The molecule has 0 saturated carbocycles. The number of nitrogens with zero attached hydrogens (tertiary/aromatic N) is 4. The highest BCUT2D eigenvalue weighted by Crippen LogP contribution is 2.29. The van der Waals surface area contributed by atoms with Gasteiger partial charge in [-0.25, -0.2) is 15.0 Å². The van der Waals surface area contributed by atoms with Crippen LogP contribution in [0.15, 0.2) is 60.9 Å². The molecule has 1 aromatic heterocycles. The van der Waals surface area contributed by atoms with Gasteiger partial charge in [0, 0.05) is 43.0 Å². The minimum absolute atomic E-state index is 0.193. The summed E-state index contributed by atoms with van der Waals surface area (Å²) in [4.78, 5) is 19.6. The van der Waals surface area contributed by atoms with Gasteiger partial charge in [0.05, 0.1) is 6.04 Å². The smallest absolute Gasteiger partial charge is 0.233 e. The number of piperidine rings is 1. The van der Waals surface area contributed by atoms with Crippen LogP contribution in [0.3, 0.4) is 0 Å². The van der Waals surface area contributed by atoms with E-state index in [0.717, 1.165) is 60.8 Å². The van der Waals surface area contributed by atoms with Crippen molar-refractivity contribution in [2.45, 2.75) is 44.2 Å². The van der Waals surface area contributed by atoms with Gasteiger partial charge in [-0.3, -0.25) is 14.3 Å². The van der Waals surface area contributed by atoms with Crippen molar-refractivity contribution in [3.8, 4) is 5.75 Å². The first-order chi connectivity index (χ1) is 16.2. The lowest BCUT2D eigenvalue weighted by Gasteiger charge is -2.33. The normalized spacial score (nSPS) is 15.9. The third kappa shape index (κ3) is 6.66. The summed E-state index contributed by atoms with van der Waals surface area (Å²) in [6, 6.07) is 16.0. The molecule has 1 fully saturated rings. The average molecular weight is 467 g/mol. The molecule has 0 radical (unpaired) electrons. The lowest BCUT2D eigenvalue weighted by Crippen LogP contribution is -2.38. The summed E-state index contributed by atoms with van der Waals surface area (Å²) in [5, 5.41) is 13.2. The van der Waals surface area contributed by atoms with Crippen LogP contribution in [-0.2, 0) is 11.2 Å². The maximum atomic E-state index is 11.2. The molecule has 1 aliphatic heterocycles. The third-order valence-electron chi connectivity index (χ3n) is 5.93. The number of fused-ring (bicyclic) bond motifs is 1. The molecule has 0 bridgehead atoms. The highest BCUT2D eigenvalue weighted by Gasteiger charge is 2.24. The summed E-state index contributed by atoms with van der Waals surface area (Å²) in [6.45, 7) is 1.83. The van der Waals surface area contributed by atoms with Gasteiger partial charge in [0.15, 0.2) is 0 Å². The molecule has 1 atom stereocenters. The monoisotopic (exact) mass is 466 g/mol. The largest absolute Gasteiger partial charge is 0.490 e. The molecular weight excluding hydrogens is 436 g/mol. The summed E-state index contributed by atoms with van der Waals surface area (Å²) < 4.78 is 8.67. The zero-order valence-electron chi connectivity index (χ0n) is 18.6. The van der Waals surface area contributed by atoms with Crippen molar-refractivity contribution in [1.29, 1.82) is 0 Å². The fourth-order valence-corrected chi connectivity index (χ4v) is 5.25. The number of aromatic nitrogens is 2. The molecule has 174 valence electrons. The number of amides is 1. The molecule has 0 spiro atoms. The number of carbonyl (C=O) groups is 1. The van der Waals surface area contributed by atoms with E-state index in [1.165, 1.54) is 5.39 Å². The molecule has 1 aliphatic rings. The van der Waals surface area contributed by atoms with E-state index >= 15 is 0 Å². The number of hydroxylamine groups is 2. The Bertz CT molecular complexity index is 1010. The zero-order valence-corrected chi connectivity index (χ0v) is 19.4. The van der Waals surface area contributed by atoms with Gasteiger partial charge in [-0.15, -0.1) is 0 Å². The molecule has 1 amide bonds. The first-order valence-electron chi connectivity index (χ1n) is 11.4. The van der Waals surface area contributed by atoms with Crippen LogP contribution in [0.1, 0.15) is 31.5 Å². The average Bonchev–Trinajstić information content (AvgIpc) is 2.87. The van der Waals surface area contributed by atoms with E-state index in [-0.39, 0.29) is 12.1 Å². The van der Waals surface area contributed by atoms with Gasteiger partial charge in [-0.1, -0.05) is 48.3 Å². The van der Waals surface area contributed by atoms with E-state index in [1.54, 1.807) is 30.4 Å². The molecule has 33 heavy (non-hydrogen) atoms. The predicted octanol–water partition coefficient (Wildman–Crippen LogP) is 4.36. The lowest BCUT2D eigenvalue weighted by molar-refractivity contribution is -0.158. The van der Waals surface area contributed by atoms with E-state index in [2.05, 4.69) is 32.5 Å². The molecule has 2 heterocycles. The lowest BCUT2D eigenvalue weighted by atomic mass is 10.1. The van der Waals surface area contributed by atoms with E-state index < -0.39 is 0 Å². The highest BCUT2D eigenvalue weighted by atomic mass is 32.2. The van der Waals surface area contributed by atoms with E-state index in [4.69, 9.17) is 4.74 Å². The van der Waals surface area contributed by atoms with Gasteiger partial charge in [0.25, 0.3) is 0 Å². The van der Waals surface area contributed by atoms with Crippen LogP contribution < -0.4 is 4.74 Å². The number of rotatable bonds is 11. The Balaban J connectivity index is 1.23. The Morgan fingerprint density at radius 1 is 1.12 bits per heavy atom. The first kappa shape index (κ1) is 23.5. The van der Waals surface area contributed by atoms with Gasteiger partial charge in [0.1, 0.15) is 17.7 Å². The van der Waals surface area contributed by atoms with Crippen molar-refractivity contribution >= 4 is 29.1 Å². The fourth-order valence-electron chi connectivity index (χ4n) is 4.08. The quantitative estimate of drug-likeness (QED) is 0.195. The number of ether oxygens (including phenoxy) is 1.